The summed E-state index contributed by atoms with van der Waals surface area (Å²) in [5.74, 6) is -0.168. The molecule has 5 heteroatoms. The molecule has 1 amide bonds. The van der Waals surface area contributed by atoms with E-state index in [1.54, 1.807) is 6.20 Å². The number of thiophene rings is 1. The number of rotatable bonds is 4. The van der Waals surface area contributed by atoms with Crippen molar-refractivity contribution in [3.05, 3.63) is 52.0 Å². The van der Waals surface area contributed by atoms with E-state index in [0.29, 0.717) is 6.54 Å². The molecule has 3 N–H and O–H groups in total. The van der Waals surface area contributed by atoms with Gasteiger partial charge in [-0.2, -0.15) is 0 Å². The largest absolute Gasteiger partial charge is 0.350 e. The number of nitrogens with zero attached hydrogens (tertiary/aromatic N) is 1. The number of pyridine rings is 1. The van der Waals surface area contributed by atoms with E-state index < -0.39 is 6.04 Å². The van der Waals surface area contributed by atoms with E-state index in [4.69, 9.17) is 5.73 Å². The number of amides is 1. The van der Waals surface area contributed by atoms with E-state index in [9.17, 15) is 4.79 Å². The Kier molecular flexibility index (Phi) is 4.07. The Morgan fingerprint density at radius 1 is 1.50 bits per heavy atom. The third kappa shape index (κ3) is 3.15. The molecule has 0 spiro atoms. The molecule has 0 fully saturated rings. The van der Waals surface area contributed by atoms with Crippen molar-refractivity contribution in [3.8, 4) is 0 Å². The zero-order chi connectivity index (χ0) is 13.0. The normalized spacial score (nSPS) is 12.1. The molecule has 94 valence electrons. The van der Waals surface area contributed by atoms with Crippen molar-refractivity contribution in [1.82, 2.24) is 10.3 Å². The number of hydrogen-bond donors (Lipinski definition) is 2. The van der Waals surface area contributed by atoms with Crippen LogP contribution in [0.3, 0.4) is 0 Å². The Labute approximate surface area is 110 Å². The molecule has 2 rings (SSSR count). The Balaban J connectivity index is 1.90. The van der Waals surface area contributed by atoms with Crippen LogP contribution in [0.4, 0.5) is 0 Å². The number of carbonyl (C=O) groups is 1. The molecule has 0 aliphatic carbocycles. The summed E-state index contributed by atoms with van der Waals surface area (Å²) in [6.07, 6.45) is 1.76. The van der Waals surface area contributed by atoms with Crippen LogP contribution in [0.5, 0.6) is 0 Å². The van der Waals surface area contributed by atoms with Crippen LogP contribution in [-0.4, -0.2) is 10.9 Å². The molecule has 0 saturated heterocycles. The molecule has 4 nitrogen and oxygen atoms in total. The summed E-state index contributed by atoms with van der Waals surface area (Å²) >= 11 is 1.48. The van der Waals surface area contributed by atoms with Gasteiger partial charge in [-0.3, -0.25) is 9.78 Å². The molecule has 1 unspecified atom stereocenters. The topological polar surface area (TPSA) is 68.0 Å². The number of nitrogens with two attached hydrogens (primary N) is 1. The number of aryl methyl sites for hydroxylation is 1. The minimum Gasteiger partial charge on any atom is -0.350 e. The average molecular weight is 261 g/mol. The molecule has 2 heterocycles. The smallest absolute Gasteiger partial charge is 0.242 e. The molecule has 0 aliphatic rings. The quantitative estimate of drug-likeness (QED) is 0.881. The molecular formula is C13H15N3OS. The maximum absolute atomic E-state index is 11.8. The van der Waals surface area contributed by atoms with Gasteiger partial charge in [-0.15, -0.1) is 11.3 Å². The average Bonchev–Trinajstić information content (AvgIpc) is 2.90. The lowest BCUT2D eigenvalue weighted by molar-refractivity contribution is -0.122. The second kappa shape index (κ2) is 5.75. The summed E-state index contributed by atoms with van der Waals surface area (Å²) in [6.45, 7) is 2.38. The molecule has 2 aromatic rings. The van der Waals surface area contributed by atoms with E-state index in [1.165, 1.54) is 11.3 Å². The molecule has 0 aliphatic heterocycles. The molecule has 0 bridgehead atoms. The van der Waals surface area contributed by atoms with E-state index in [0.717, 1.165) is 16.1 Å². The van der Waals surface area contributed by atoms with Gasteiger partial charge in [0.25, 0.3) is 0 Å². The lowest BCUT2D eigenvalue weighted by atomic mass is 10.2. The summed E-state index contributed by atoms with van der Waals surface area (Å²) < 4.78 is 0. The van der Waals surface area contributed by atoms with Crippen molar-refractivity contribution in [2.45, 2.75) is 19.5 Å². The van der Waals surface area contributed by atoms with E-state index >= 15 is 0 Å². The van der Waals surface area contributed by atoms with Gasteiger partial charge < -0.3 is 11.1 Å². The number of hydrogen-bond acceptors (Lipinski definition) is 4. The van der Waals surface area contributed by atoms with Crippen LogP contribution in [0.15, 0.2) is 35.8 Å². The summed E-state index contributed by atoms with van der Waals surface area (Å²) in [6, 6.07) is 7.02. The number of carbonyl (C=O) groups excluding carboxylic acids is 1. The van der Waals surface area contributed by atoms with Crippen LogP contribution >= 0.6 is 11.3 Å². The molecule has 18 heavy (non-hydrogen) atoms. The molecular weight excluding hydrogens is 246 g/mol. The first-order chi connectivity index (χ1) is 8.66. The second-order valence-electron chi connectivity index (χ2n) is 4.02. The zero-order valence-electron chi connectivity index (χ0n) is 10.1. The predicted molar refractivity (Wildman–Crippen MR) is 72.1 cm³/mol. The van der Waals surface area contributed by atoms with Crippen molar-refractivity contribution in [1.29, 1.82) is 0 Å². The lowest BCUT2D eigenvalue weighted by Gasteiger charge is -2.10. The third-order valence-electron chi connectivity index (χ3n) is 2.57. The van der Waals surface area contributed by atoms with E-state index in [2.05, 4.69) is 10.3 Å². The van der Waals surface area contributed by atoms with Crippen molar-refractivity contribution in [2.24, 2.45) is 5.73 Å². The van der Waals surface area contributed by atoms with Crippen molar-refractivity contribution >= 4 is 17.2 Å². The van der Waals surface area contributed by atoms with Gasteiger partial charge in [0.1, 0.15) is 6.04 Å². The Morgan fingerprint density at radius 3 is 2.94 bits per heavy atom. The molecule has 0 radical (unpaired) electrons. The summed E-state index contributed by atoms with van der Waals surface area (Å²) in [5.41, 5.74) is 7.78. The summed E-state index contributed by atoms with van der Waals surface area (Å²) in [4.78, 5) is 16.9. The van der Waals surface area contributed by atoms with Crippen LogP contribution in [0, 0.1) is 6.92 Å². The van der Waals surface area contributed by atoms with Gasteiger partial charge in [0.15, 0.2) is 0 Å². The number of nitrogens with one attached hydrogen (secondary N) is 1. The summed E-state index contributed by atoms with van der Waals surface area (Å²) in [5, 5.41) is 4.72. The zero-order valence-corrected chi connectivity index (χ0v) is 10.9. The Hall–Kier alpha value is -1.72. The van der Waals surface area contributed by atoms with Gasteiger partial charge in [0, 0.05) is 23.3 Å². The maximum Gasteiger partial charge on any atom is 0.242 e. The first-order valence-corrected chi connectivity index (χ1v) is 6.53. The Bertz CT molecular complexity index is 508. The third-order valence-corrected chi connectivity index (χ3v) is 3.53. The standard InChI is InChI=1S/C13H15N3OS/c1-9-4-5-10(7-15-9)8-16-13(17)12(14)11-3-2-6-18-11/h2-7,12H,8,14H2,1H3,(H,16,17). The van der Waals surface area contributed by atoms with Gasteiger partial charge >= 0.3 is 0 Å². The van der Waals surface area contributed by atoms with Gasteiger partial charge in [-0.25, -0.2) is 0 Å². The minimum atomic E-state index is -0.594. The number of aromatic nitrogens is 1. The van der Waals surface area contributed by atoms with Crippen LogP contribution in [-0.2, 0) is 11.3 Å². The highest BCUT2D eigenvalue weighted by molar-refractivity contribution is 7.10. The monoisotopic (exact) mass is 261 g/mol. The maximum atomic E-state index is 11.8. The molecule has 1 atom stereocenters. The highest BCUT2D eigenvalue weighted by Gasteiger charge is 2.15. The first-order valence-electron chi connectivity index (χ1n) is 5.65. The van der Waals surface area contributed by atoms with Crippen LogP contribution in [0.25, 0.3) is 0 Å². The molecule has 2 aromatic heterocycles. The highest BCUT2D eigenvalue weighted by Crippen LogP contribution is 2.16. The molecule has 0 aromatic carbocycles. The van der Waals surface area contributed by atoms with Crippen LogP contribution < -0.4 is 11.1 Å². The van der Waals surface area contributed by atoms with Crippen molar-refractivity contribution in [2.75, 3.05) is 0 Å². The molecule has 0 saturated carbocycles. The summed E-state index contributed by atoms with van der Waals surface area (Å²) in [7, 11) is 0. The van der Waals surface area contributed by atoms with Gasteiger partial charge in [-0.05, 0) is 30.0 Å². The van der Waals surface area contributed by atoms with E-state index in [-0.39, 0.29) is 5.91 Å². The van der Waals surface area contributed by atoms with Crippen molar-refractivity contribution in [3.63, 3.8) is 0 Å². The van der Waals surface area contributed by atoms with Gasteiger partial charge in [-0.1, -0.05) is 12.1 Å². The predicted octanol–water partition coefficient (Wildman–Crippen LogP) is 1.77. The second-order valence-corrected chi connectivity index (χ2v) is 5.00. The van der Waals surface area contributed by atoms with E-state index in [1.807, 2.05) is 36.6 Å². The van der Waals surface area contributed by atoms with Gasteiger partial charge in [0.2, 0.25) is 5.91 Å². The van der Waals surface area contributed by atoms with Crippen LogP contribution in [0.1, 0.15) is 22.2 Å². The lowest BCUT2D eigenvalue weighted by Crippen LogP contribution is -2.33. The fourth-order valence-electron chi connectivity index (χ4n) is 1.50. The van der Waals surface area contributed by atoms with Crippen LogP contribution in [0.2, 0.25) is 0 Å². The van der Waals surface area contributed by atoms with Crippen molar-refractivity contribution < 1.29 is 4.79 Å². The Morgan fingerprint density at radius 2 is 2.33 bits per heavy atom. The minimum absolute atomic E-state index is 0.168. The SMILES string of the molecule is Cc1ccc(CNC(=O)C(N)c2cccs2)cn1. The fourth-order valence-corrected chi connectivity index (χ4v) is 2.22. The fraction of sp³-hybridized carbons (Fsp3) is 0.231. The first kappa shape index (κ1) is 12.7. The highest BCUT2D eigenvalue weighted by atomic mass is 32.1. The van der Waals surface area contributed by atoms with Gasteiger partial charge in [0.05, 0.1) is 0 Å².